The minimum Gasteiger partial charge on any atom is -0.350 e. The lowest BCUT2D eigenvalue weighted by Crippen LogP contribution is -2.46. The van der Waals surface area contributed by atoms with Gasteiger partial charge in [-0.25, -0.2) is 0 Å². The third kappa shape index (κ3) is 4.83. The van der Waals surface area contributed by atoms with Gasteiger partial charge in [0.1, 0.15) is 5.92 Å². The summed E-state index contributed by atoms with van der Waals surface area (Å²) in [5.41, 5.74) is -0.212. The summed E-state index contributed by atoms with van der Waals surface area (Å²) >= 11 is 0. The average Bonchev–Trinajstić information content (AvgIpc) is 2.02. The van der Waals surface area contributed by atoms with Gasteiger partial charge in [0.25, 0.3) is 0 Å². The minimum atomic E-state index is -0.541. The Hall–Kier alpha value is -1.04. The molecule has 0 fully saturated rings. The van der Waals surface area contributed by atoms with Crippen molar-refractivity contribution in [3.05, 3.63) is 0 Å². The smallest absolute Gasteiger partial charge is 0.238 e. The molecule has 0 aromatic heterocycles. The number of nitrogens with zero attached hydrogens (tertiary/aromatic N) is 1. The van der Waals surface area contributed by atoms with Crippen molar-refractivity contribution in [3.63, 3.8) is 0 Å². The maximum absolute atomic E-state index is 11.8. The third-order valence-corrected chi connectivity index (χ3v) is 2.42. The number of hydrogen-bond donors (Lipinski definition) is 1. The lowest BCUT2D eigenvalue weighted by Gasteiger charge is -2.27. The van der Waals surface area contributed by atoms with Crippen molar-refractivity contribution < 1.29 is 4.79 Å². The van der Waals surface area contributed by atoms with Crippen molar-refractivity contribution in [3.8, 4) is 6.07 Å². The highest BCUT2D eigenvalue weighted by atomic mass is 16.2. The molecule has 0 saturated heterocycles. The average molecular weight is 210 g/mol. The largest absolute Gasteiger partial charge is 0.350 e. The fourth-order valence-corrected chi connectivity index (χ4v) is 1.61. The summed E-state index contributed by atoms with van der Waals surface area (Å²) in [4.78, 5) is 11.8. The molecule has 1 N–H and O–H groups in total. The number of carbonyl (C=O) groups excluding carboxylic acids is 1. The highest BCUT2D eigenvalue weighted by molar-refractivity contribution is 5.81. The van der Waals surface area contributed by atoms with Gasteiger partial charge in [-0.3, -0.25) is 4.79 Å². The number of nitrogens with one attached hydrogen (secondary N) is 1. The van der Waals surface area contributed by atoms with Crippen LogP contribution in [0.25, 0.3) is 0 Å². The fraction of sp³-hybridized carbons (Fsp3) is 0.833. The van der Waals surface area contributed by atoms with E-state index in [0.29, 0.717) is 0 Å². The van der Waals surface area contributed by atoms with E-state index in [-0.39, 0.29) is 17.4 Å². The third-order valence-electron chi connectivity index (χ3n) is 2.42. The van der Waals surface area contributed by atoms with E-state index in [4.69, 9.17) is 5.26 Å². The summed E-state index contributed by atoms with van der Waals surface area (Å²) in [7, 11) is 0. The molecule has 0 aromatic carbocycles. The zero-order chi connectivity index (χ0) is 12.1. The maximum atomic E-state index is 11.8. The molecular formula is C12H22N2O. The first-order valence-electron chi connectivity index (χ1n) is 5.55. The lowest BCUT2D eigenvalue weighted by atomic mass is 9.93. The quantitative estimate of drug-likeness (QED) is 0.758. The summed E-state index contributed by atoms with van der Waals surface area (Å²) < 4.78 is 0. The molecule has 0 aliphatic rings. The summed E-state index contributed by atoms with van der Waals surface area (Å²) in [5.74, 6) is -0.625. The van der Waals surface area contributed by atoms with Crippen LogP contribution in [-0.2, 0) is 4.79 Å². The Morgan fingerprint density at radius 2 is 2.00 bits per heavy atom. The van der Waals surface area contributed by atoms with E-state index in [9.17, 15) is 4.79 Å². The molecule has 86 valence electrons. The Balaban J connectivity index is 4.42. The molecule has 0 bridgehead atoms. The molecule has 0 aliphatic heterocycles. The lowest BCUT2D eigenvalue weighted by molar-refractivity contribution is -0.126. The predicted molar refractivity (Wildman–Crippen MR) is 61.1 cm³/mol. The number of rotatable bonds is 5. The molecule has 0 rings (SSSR count). The van der Waals surface area contributed by atoms with Crippen LogP contribution < -0.4 is 5.32 Å². The van der Waals surface area contributed by atoms with E-state index in [1.165, 1.54) is 0 Å². The van der Waals surface area contributed by atoms with Gasteiger partial charge in [-0.05, 0) is 26.2 Å². The van der Waals surface area contributed by atoms with Crippen LogP contribution >= 0.6 is 0 Å². The minimum absolute atomic E-state index is 0.0624. The van der Waals surface area contributed by atoms with Crippen LogP contribution in [-0.4, -0.2) is 11.4 Å². The Bertz CT molecular complexity index is 251. The van der Waals surface area contributed by atoms with E-state index in [2.05, 4.69) is 18.3 Å². The molecule has 0 radical (unpaired) electrons. The van der Waals surface area contributed by atoms with Gasteiger partial charge in [0.15, 0.2) is 0 Å². The van der Waals surface area contributed by atoms with Crippen LogP contribution in [0.15, 0.2) is 0 Å². The van der Waals surface area contributed by atoms with Crippen LogP contribution in [0.4, 0.5) is 0 Å². The highest BCUT2D eigenvalue weighted by Gasteiger charge is 2.26. The van der Waals surface area contributed by atoms with Gasteiger partial charge < -0.3 is 5.32 Å². The number of amides is 1. The molecular weight excluding hydrogens is 188 g/mol. The topological polar surface area (TPSA) is 52.9 Å². The Morgan fingerprint density at radius 1 is 1.47 bits per heavy atom. The molecule has 15 heavy (non-hydrogen) atoms. The normalized spacial score (nSPS) is 13.4. The van der Waals surface area contributed by atoms with Crippen molar-refractivity contribution in [1.82, 2.24) is 5.32 Å². The summed E-state index contributed by atoms with van der Waals surface area (Å²) in [5, 5.41) is 11.8. The van der Waals surface area contributed by atoms with Gasteiger partial charge >= 0.3 is 0 Å². The van der Waals surface area contributed by atoms with Crippen LogP contribution in [0.5, 0.6) is 0 Å². The monoisotopic (exact) mass is 210 g/mol. The van der Waals surface area contributed by atoms with Gasteiger partial charge in [-0.1, -0.05) is 27.2 Å². The van der Waals surface area contributed by atoms with Crippen molar-refractivity contribution in [2.24, 2.45) is 11.8 Å². The SMILES string of the molecule is CCCC(C)(C)NC(=O)C(C#N)C(C)C. The van der Waals surface area contributed by atoms with Gasteiger partial charge in [-0.2, -0.15) is 5.26 Å². The first-order valence-corrected chi connectivity index (χ1v) is 5.55. The second-order valence-electron chi connectivity index (χ2n) is 4.97. The summed E-state index contributed by atoms with van der Waals surface area (Å²) in [6, 6.07) is 2.05. The first-order chi connectivity index (χ1) is 6.84. The van der Waals surface area contributed by atoms with Crippen molar-refractivity contribution >= 4 is 5.91 Å². The van der Waals surface area contributed by atoms with Gasteiger partial charge in [-0.15, -0.1) is 0 Å². The molecule has 1 amide bonds. The molecule has 0 spiro atoms. The standard InChI is InChI=1S/C12H22N2O/c1-6-7-12(4,5)14-11(15)10(8-13)9(2)3/h9-10H,6-7H2,1-5H3,(H,14,15). The van der Waals surface area contributed by atoms with Gasteiger partial charge in [0.05, 0.1) is 6.07 Å². The van der Waals surface area contributed by atoms with Gasteiger partial charge in [0.2, 0.25) is 5.91 Å². The Morgan fingerprint density at radius 3 is 2.33 bits per heavy atom. The molecule has 0 aromatic rings. The highest BCUT2D eigenvalue weighted by Crippen LogP contribution is 2.15. The molecule has 0 heterocycles. The fourth-order valence-electron chi connectivity index (χ4n) is 1.61. The maximum Gasteiger partial charge on any atom is 0.238 e. The van der Waals surface area contributed by atoms with E-state index < -0.39 is 5.92 Å². The van der Waals surface area contributed by atoms with Crippen LogP contribution in [0.2, 0.25) is 0 Å². The number of hydrogen-bond acceptors (Lipinski definition) is 2. The zero-order valence-electron chi connectivity index (χ0n) is 10.4. The van der Waals surface area contributed by atoms with E-state index in [1.54, 1.807) is 0 Å². The molecule has 3 heteroatoms. The first kappa shape index (κ1) is 14.0. The summed E-state index contributed by atoms with van der Waals surface area (Å²) in [6.07, 6.45) is 1.95. The van der Waals surface area contributed by atoms with Crippen molar-refractivity contribution in [2.45, 2.75) is 53.0 Å². The van der Waals surface area contributed by atoms with Crippen LogP contribution in [0.3, 0.4) is 0 Å². The molecule has 1 unspecified atom stereocenters. The van der Waals surface area contributed by atoms with E-state index in [1.807, 2.05) is 27.7 Å². The van der Waals surface area contributed by atoms with Gasteiger partial charge in [0, 0.05) is 5.54 Å². The molecule has 0 aliphatic carbocycles. The predicted octanol–water partition coefficient (Wildman–Crippen LogP) is 2.48. The van der Waals surface area contributed by atoms with Crippen molar-refractivity contribution in [1.29, 1.82) is 5.26 Å². The molecule has 0 saturated carbocycles. The van der Waals surface area contributed by atoms with E-state index >= 15 is 0 Å². The zero-order valence-corrected chi connectivity index (χ0v) is 10.4. The summed E-state index contributed by atoms with van der Waals surface area (Å²) in [6.45, 7) is 9.84. The second kappa shape index (κ2) is 5.75. The van der Waals surface area contributed by atoms with E-state index in [0.717, 1.165) is 12.8 Å². The van der Waals surface area contributed by atoms with Crippen molar-refractivity contribution in [2.75, 3.05) is 0 Å². The van der Waals surface area contributed by atoms with Crippen LogP contribution in [0.1, 0.15) is 47.5 Å². The second-order valence-corrected chi connectivity index (χ2v) is 4.97. The molecule has 1 atom stereocenters. The number of carbonyl (C=O) groups is 1. The molecule has 3 nitrogen and oxygen atoms in total. The van der Waals surface area contributed by atoms with Crippen LogP contribution in [0, 0.1) is 23.2 Å². The Labute approximate surface area is 92.9 Å². The Kier molecular flexibility index (Phi) is 5.35. The number of nitriles is 1.